The summed E-state index contributed by atoms with van der Waals surface area (Å²) in [5.41, 5.74) is 11.5. The molecule has 0 bridgehead atoms. The second-order valence-corrected chi connectivity index (χ2v) is 5.42. The second kappa shape index (κ2) is 3.83. The summed E-state index contributed by atoms with van der Waals surface area (Å²) in [7, 11) is 1.99. The van der Waals surface area contributed by atoms with E-state index in [4.69, 9.17) is 5.73 Å². The standard InChI is InChI=1S/C13H15BrN4/c1-7-4-9-10(5-8(7)2)18-12(14)11(6-15)17(3)13(18)16-9/h4-5H,6,15H2,1-3H3. The number of imidazole rings is 2. The molecule has 0 aliphatic carbocycles. The summed E-state index contributed by atoms with van der Waals surface area (Å²) in [6.07, 6.45) is 0. The molecule has 3 rings (SSSR count). The molecular formula is C13H15BrN4. The van der Waals surface area contributed by atoms with Crippen LogP contribution in [0.4, 0.5) is 0 Å². The highest BCUT2D eigenvalue weighted by atomic mass is 79.9. The number of rotatable bonds is 1. The van der Waals surface area contributed by atoms with Crippen LogP contribution < -0.4 is 5.73 Å². The summed E-state index contributed by atoms with van der Waals surface area (Å²) < 4.78 is 5.15. The predicted molar refractivity (Wildman–Crippen MR) is 76.7 cm³/mol. The van der Waals surface area contributed by atoms with Gasteiger partial charge in [0.05, 0.1) is 16.7 Å². The molecule has 0 unspecified atom stereocenters. The maximum atomic E-state index is 5.78. The average molecular weight is 307 g/mol. The van der Waals surface area contributed by atoms with E-state index >= 15 is 0 Å². The molecule has 5 heteroatoms. The monoisotopic (exact) mass is 306 g/mol. The third-order valence-corrected chi connectivity index (χ3v) is 4.40. The lowest BCUT2D eigenvalue weighted by Gasteiger charge is -2.01. The van der Waals surface area contributed by atoms with E-state index < -0.39 is 0 Å². The Labute approximate surface area is 114 Å². The Hall–Kier alpha value is -1.33. The second-order valence-electron chi connectivity index (χ2n) is 4.67. The zero-order valence-electron chi connectivity index (χ0n) is 10.7. The smallest absolute Gasteiger partial charge is 0.215 e. The van der Waals surface area contributed by atoms with Crippen molar-refractivity contribution in [2.75, 3.05) is 0 Å². The molecule has 1 aromatic carbocycles. The van der Waals surface area contributed by atoms with E-state index in [0.29, 0.717) is 6.54 Å². The summed E-state index contributed by atoms with van der Waals surface area (Å²) in [5.74, 6) is 0.919. The third-order valence-electron chi connectivity index (χ3n) is 3.58. The first-order valence-electron chi connectivity index (χ1n) is 5.87. The van der Waals surface area contributed by atoms with E-state index in [1.165, 1.54) is 11.1 Å². The fourth-order valence-corrected chi connectivity index (χ4v) is 3.13. The van der Waals surface area contributed by atoms with Crippen LogP contribution in [0.1, 0.15) is 16.8 Å². The van der Waals surface area contributed by atoms with E-state index in [-0.39, 0.29) is 0 Å². The molecule has 18 heavy (non-hydrogen) atoms. The summed E-state index contributed by atoms with van der Waals surface area (Å²) in [6.45, 7) is 4.72. The van der Waals surface area contributed by atoms with Crippen LogP contribution >= 0.6 is 15.9 Å². The number of nitrogens with zero attached hydrogens (tertiary/aromatic N) is 3. The molecule has 0 atom stereocenters. The van der Waals surface area contributed by atoms with Crippen LogP contribution in [0.2, 0.25) is 0 Å². The van der Waals surface area contributed by atoms with Crippen molar-refractivity contribution in [3.63, 3.8) is 0 Å². The maximum absolute atomic E-state index is 5.78. The minimum atomic E-state index is 0.493. The Kier molecular flexibility index (Phi) is 2.50. The number of aryl methyl sites for hydroxylation is 3. The summed E-state index contributed by atoms with van der Waals surface area (Å²) in [4.78, 5) is 4.69. The number of benzene rings is 1. The largest absolute Gasteiger partial charge is 0.325 e. The molecule has 2 N–H and O–H groups in total. The Morgan fingerprint density at radius 3 is 2.61 bits per heavy atom. The van der Waals surface area contributed by atoms with Gasteiger partial charge in [-0.2, -0.15) is 0 Å². The van der Waals surface area contributed by atoms with E-state index in [0.717, 1.165) is 27.1 Å². The van der Waals surface area contributed by atoms with Crippen molar-refractivity contribution in [2.45, 2.75) is 20.4 Å². The molecule has 0 fully saturated rings. The number of nitrogens with two attached hydrogens (primary N) is 1. The van der Waals surface area contributed by atoms with Crippen LogP contribution in [-0.2, 0) is 13.6 Å². The minimum Gasteiger partial charge on any atom is -0.325 e. The van der Waals surface area contributed by atoms with Gasteiger partial charge in [-0.05, 0) is 53.0 Å². The molecule has 0 saturated heterocycles. The van der Waals surface area contributed by atoms with Gasteiger partial charge in [0.1, 0.15) is 4.60 Å². The first-order valence-corrected chi connectivity index (χ1v) is 6.66. The maximum Gasteiger partial charge on any atom is 0.215 e. The number of fused-ring (bicyclic) bond motifs is 3. The molecule has 3 aromatic rings. The van der Waals surface area contributed by atoms with Gasteiger partial charge in [0.15, 0.2) is 0 Å². The molecule has 2 heterocycles. The van der Waals surface area contributed by atoms with E-state index in [9.17, 15) is 0 Å². The van der Waals surface area contributed by atoms with E-state index in [2.05, 4.69) is 51.3 Å². The van der Waals surface area contributed by atoms with Crippen molar-refractivity contribution in [1.29, 1.82) is 0 Å². The highest BCUT2D eigenvalue weighted by Gasteiger charge is 2.17. The van der Waals surface area contributed by atoms with Crippen molar-refractivity contribution in [1.82, 2.24) is 14.0 Å². The van der Waals surface area contributed by atoms with Crippen LogP contribution in [0, 0.1) is 13.8 Å². The number of hydrogen-bond donors (Lipinski definition) is 1. The van der Waals surface area contributed by atoms with Crippen molar-refractivity contribution in [2.24, 2.45) is 12.8 Å². The summed E-state index contributed by atoms with van der Waals surface area (Å²) in [5, 5.41) is 0. The number of aromatic nitrogens is 3. The lowest BCUT2D eigenvalue weighted by Crippen LogP contribution is -2.04. The number of halogens is 1. The quantitative estimate of drug-likeness (QED) is 0.751. The number of hydrogen-bond acceptors (Lipinski definition) is 2. The molecule has 2 aromatic heterocycles. The van der Waals surface area contributed by atoms with Crippen LogP contribution in [0.25, 0.3) is 16.8 Å². The van der Waals surface area contributed by atoms with Crippen molar-refractivity contribution in [3.05, 3.63) is 33.6 Å². The topological polar surface area (TPSA) is 48.2 Å². The van der Waals surface area contributed by atoms with Crippen LogP contribution in [0.3, 0.4) is 0 Å². The van der Waals surface area contributed by atoms with Crippen molar-refractivity contribution in [3.8, 4) is 0 Å². The molecule has 0 spiro atoms. The average Bonchev–Trinajstić information content (AvgIpc) is 2.78. The van der Waals surface area contributed by atoms with Gasteiger partial charge in [0.25, 0.3) is 0 Å². The first-order chi connectivity index (χ1) is 8.54. The Bertz CT molecular complexity index is 767. The Balaban J connectivity index is 2.53. The van der Waals surface area contributed by atoms with Crippen molar-refractivity contribution >= 4 is 32.7 Å². The minimum absolute atomic E-state index is 0.493. The molecule has 4 nitrogen and oxygen atoms in total. The van der Waals surface area contributed by atoms with Gasteiger partial charge >= 0.3 is 0 Å². The lowest BCUT2D eigenvalue weighted by molar-refractivity contribution is 0.836. The molecule has 0 aliphatic rings. The normalized spacial score (nSPS) is 11.8. The molecular weight excluding hydrogens is 292 g/mol. The van der Waals surface area contributed by atoms with Gasteiger partial charge in [0.2, 0.25) is 5.78 Å². The fourth-order valence-electron chi connectivity index (χ4n) is 2.35. The highest BCUT2D eigenvalue weighted by Crippen LogP contribution is 2.28. The van der Waals surface area contributed by atoms with E-state index in [1.807, 2.05) is 11.6 Å². The first kappa shape index (κ1) is 11.7. The van der Waals surface area contributed by atoms with Gasteiger partial charge in [-0.25, -0.2) is 4.98 Å². The van der Waals surface area contributed by atoms with Gasteiger partial charge < -0.3 is 10.3 Å². The van der Waals surface area contributed by atoms with Gasteiger partial charge in [-0.1, -0.05) is 0 Å². The zero-order chi connectivity index (χ0) is 13.0. The summed E-state index contributed by atoms with van der Waals surface area (Å²) >= 11 is 3.63. The molecule has 0 saturated carbocycles. The zero-order valence-corrected chi connectivity index (χ0v) is 12.2. The molecule has 94 valence electrons. The fraction of sp³-hybridized carbons (Fsp3) is 0.308. The highest BCUT2D eigenvalue weighted by molar-refractivity contribution is 9.10. The lowest BCUT2D eigenvalue weighted by atomic mass is 10.1. The van der Waals surface area contributed by atoms with Crippen LogP contribution in [0.15, 0.2) is 16.7 Å². The van der Waals surface area contributed by atoms with E-state index in [1.54, 1.807) is 0 Å². The third kappa shape index (κ3) is 1.37. The van der Waals surface area contributed by atoms with Gasteiger partial charge in [-0.15, -0.1) is 0 Å². The molecule has 0 radical (unpaired) electrons. The Morgan fingerprint density at radius 1 is 1.28 bits per heavy atom. The van der Waals surface area contributed by atoms with Crippen LogP contribution in [-0.4, -0.2) is 14.0 Å². The SMILES string of the molecule is Cc1cc2nc3n(C)c(CN)c(Br)n3c2cc1C. The van der Waals surface area contributed by atoms with Gasteiger partial charge in [-0.3, -0.25) is 4.40 Å². The van der Waals surface area contributed by atoms with Crippen molar-refractivity contribution < 1.29 is 0 Å². The molecule has 0 amide bonds. The predicted octanol–water partition coefficient (Wildman–Crippen LogP) is 2.66. The van der Waals surface area contributed by atoms with Crippen LogP contribution in [0.5, 0.6) is 0 Å². The molecule has 0 aliphatic heterocycles. The Morgan fingerprint density at radius 2 is 1.94 bits per heavy atom. The summed E-state index contributed by atoms with van der Waals surface area (Å²) in [6, 6.07) is 4.31. The van der Waals surface area contributed by atoms with Gasteiger partial charge in [0, 0.05) is 13.6 Å².